The van der Waals surface area contributed by atoms with E-state index in [-0.39, 0.29) is 12.4 Å². The second-order valence-corrected chi connectivity index (χ2v) is 7.45. The quantitative estimate of drug-likeness (QED) is 0.562. The third kappa shape index (κ3) is 6.41. The third-order valence-corrected chi connectivity index (χ3v) is 4.97. The molecule has 29 heavy (non-hydrogen) atoms. The predicted octanol–water partition coefficient (Wildman–Crippen LogP) is 4.88. The summed E-state index contributed by atoms with van der Waals surface area (Å²) >= 11 is 0. The van der Waals surface area contributed by atoms with E-state index < -0.39 is 6.10 Å². The van der Waals surface area contributed by atoms with Crippen molar-refractivity contribution < 1.29 is 14.2 Å². The van der Waals surface area contributed by atoms with Crippen LogP contribution in [0.5, 0.6) is 5.75 Å². The van der Waals surface area contributed by atoms with Gasteiger partial charge in [0.1, 0.15) is 24.3 Å². The minimum Gasteiger partial charge on any atom is -0.491 e. The summed E-state index contributed by atoms with van der Waals surface area (Å²) in [4.78, 5) is 2.17. The van der Waals surface area contributed by atoms with E-state index >= 15 is 0 Å². The molecule has 0 fully saturated rings. The molecule has 3 nitrogen and oxygen atoms in total. The predicted molar refractivity (Wildman–Crippen MR) is 114 cm³/mol. The van der Waals surface area contributed by atoms with Crippen LogP contribution in [-0.2, 0) is 13.1 Å². The summed E-state index contributed by atoms with van der Waals surface area (Å²) in [6, 6.07) is 22.5. The molecule has 0 aromatic heterocycles. The van der Waals surface area contributed by atoms with Gasteiger partial charge in [-0.25, -0.2) is 4.39 Å². The highest BCUT2D eigenvalue weighted by Gasteiger charge is 2.15. The molecule has 1 N–H and O–H groups in total. The SMILES string of the molecule is Cc1ccccc1CN(Cc1ccc(F)cc1)C[C@H](O)COc1ccccc1C. The van der Waals surface area contributed by atoms with E-state index in [1.165, 1.54) is 23.3 Å². The molecular formula is C25H28FNO2. The van der Waals surface area contributed by atoms with Crippen molar-refractivity contribution in [3.8, 4) is 5.75 Å². The van der Waals surface area contributed by atoms with Gasteiger partial charge in [-0.1, -0.05) is 54.6 Å². The number of aryl methyl sites for hydroxylation is 2. The molecule has 0 radical (unpaired) electrons. The number of hydrogen-bond donors (Lipinski definition) is 1. The minimum absolute atomic E-state index is 0.221. The van der Waals surface area contributed by atoms with Crippen LogP contribution in [0.4, 0.5) is 4.39 Å². The Morgan fingerprint density at radius 2 is 1.52 bits per heavy atom. The van der Waals surface area contributed by atoms with E-state index in [1.54, 1.807) is 12.1 Å². The van der Waals surface area contributed by atoms with E-state index in [2.05, 4.69) is 24.0 Å². The molecule has 1 atom stereocenters. The van der Waals surface area contributed by atoms with Crippen molar-refractivity contribution in [2.75, 3.05) is 13.2 Å². The van der Waals surface area contributed by atoms with Gasteiger partial charge in [-0.05, 0) is 54.3 Å². The van der Waals surface area contributed by atoms with Gasteiger partial charge in [0.2, 0.25) is 0 Å². The first kappa shape index (κ1) is 21.0. The number of rotatable bonds is 9. The molecule has 0 spiro atoms. The van der Waals surface area contributed by atoms with Crippen LogP contribution in [0.25, 0.3) is 0 Å². The molecule has 0 aliphatic carbocycles. The van der Waals surface area contributed by atoms with Crippen molar-refractivity contribution in [2.24, 2.45) is 0 Å². The summed E-state index contributed by atoms with van der Waals surface area (Å²) in [5.41, 5.74) is 4.47. The van der Waals surface area contributed by atoms with Gasteiger partial charge in [-0.2, -0.15) is 0 Å². The van der Waals surface area contributed by atoms with Crippen LogP contribution in [-0.4, -0.2) is 29.3 Å². The zero-order valence-electron chi connectivity index (χ0n) is 17.0. The molecule has 0 amide bonds. The highest BCUT2D eigenvalue weighted by atomic mass is 19.1. The summed E-state index contributed by atoms with van der Waals surface area (Å²) in [7, 11) is 0. The molecule has 3 aromatic rings. The molecule has 0 aliphatic rings. The first-order valence-corrected chi connectivity index (χ1v) is 9.89. The average Bonchev–Trinajstić information content (AvgIpc) is 2.71. The van der Waals surface area contributed by atoms with E-state index in [9.17, 15) is 9.50 Å². The first-order valence-electron chi connectivity index (χ1n) is 9.89. The monoisotopic (exact) mass is 393 g/mol. The molecule has 3 aromatic carbocycles. The van der Waals surface area contributed by atoms with Gasteiger partial charge in [0, 0.05) is 19.6 Å². The number of aliphatic hydroxyl groups is 1. The molecule has 0 bridgehead atoms. The van der Waals surface area contributed by atoms with Crippen molar-refractivity contribution in [1.82, 2.24) is 4.90 Å². The lowest BCUT2D eigenvalue weighted by Crippen LogP contribution is -2.35. The Balaban J connectivity index is 1.67. The second-order valence-electron chi connectivity index (χ2n) is 7.45. The van der Waals surface area contributed by atoms with Gasteiger partial charge in [-0.3, -0.25) is 4.90 Å². The van der Waals surface area contributed by atoms with E-state index in [0.717, 1.165) is 16.9 Å². The second kappa shape index (κ2) is 10.2. The summed E-state index contributed by atoms with van der Waals surface area (Å²) in [5, 5.41) is 10.6. The number of ether oxygens (including phenoxy) is 1. The maximum Gasteiger partial charge on any atom is 0.123 e. The lowest BCUT2D eigenvalue weighted by molar-refractivity contribution is 0.0625. The number of nitrogens with zero attached hydrogens (tertiary/aromatic N) is 1. The average molecular weight is 394 g/mol. The Labute approximate surface area is 172 Å². The summed E-state index contributed by atoms with van der Waals surface area (Å²) < 4.78 is 19.1. The molecule has 0 saturated heterocycles. The molecule has 152 valence electrons. The molecule has 0 heterocycles. The Hall–Kier alpha value is -2.69. The van der Waals surface area contributed by atoms with Crippen LogP contribution in [0.2, 0.25) is 0 Å². The fourth-order valence-corrected chi connectivity index (χ4v) is 3.32. The maximum absolute atomic E-state index is 13.3. The fraction of sp³-hybridized carbons (Fsp3) is 0.280. The van der Waals surface area contributed by atoms with Crippen LogP contribution in [0, 0.1) is 19.7 Å². The lowest BCUT2D eigenvalue weighted by Gasteiger charge is -2.26. The lowest BCUT2D eigenvalue weighted by atomic mass is 10.1. The van der Waals surface area contributed by atoms with Gasteiger partial charge >= 0.3 is 0 Å². The van der Waals surface area contributed by atoms with Crippen molar-refractivity contribution in [3.63, 3.8) is 0 Å². The molecule has 0 saturated carbocycles. The van der Waals surface area contributed by atoms with Gasteiger partial charge in [-0.15, -0.1) is 0 Å². The highest BCUT2D eigenvalue weighted by molar-refractivity contribution is 5.31. The third-order valence-electron chi connectivity index (χ3n) is 4.97. The van der Waals surface area contributed by atoms with Crippen molar-refractivity contribution in [1.29, 1.82) is 0 Å². The molecule has 4 heteroatoms. The Bertz CT molecular complexity index is 911. The summed E-state index contributed by atoms with van der Waals surface area (Å²) in [5.74, 6) is 0.543. The number of benzene rings is 3. The van der Waals surface area contributed by atoms with Crippen molar-refractivity contribution in [3.05, 3.63) is 101 Å². The number of aliphatic hydroxyl groups excluding tert-OH is 1. The van der Waals surface area contributed by atoms with Crippen LogP contribution < -0.4 is 4.74 Å². The van der Waals surface area contributed by atoms with Gasteiger partial charge < -0.3 is 9.84 Å². The van der Waals surface area contributed by atoms with Crippen LogP contribution in [0.3, 0.4) is 0 Å². The maximum atomic E-state index is 13.3. The molecule has 3 rings (SSSR count). The number of halogens is 1. The Morgan fingerprint density at radius 3 is 2.21 bits per heavy atom. The van der Waals surface area contributed by atoms with Gasteiger partial charge in [0.15, 0.2) is 0 Å². The Kier molecular flexibility index (Phi) is 7.39. The largest absolute Gasteiger partial charge is 0.491 e. The molecule has 0 unspecified atom stereocenters. The van der Waals surface area contributed by atoms with Gasteiger partial charge in [0.05, 0.1) is 0 Å². The zero-order valence-corrected chi connectivity index (χ0v) is 17.0. The van der Waals surface area contributed by atoms with Crippen LogP contribution >= 0.6 is 0 Å². The smallest absolute Gasteiger partial charge is 0.123 e. The standard InChI is InChI=1S/C25H28FNO2/c1-19-7-3-5-9-22(19)16-27(15-21-11-13-23(26)14-12-21)17-24(28)18-29-25-10-6-4-8-20(25)2/h3-14,24,28H,15-18H2,1-2H3/t24-/m0/s1. The summed E-state index contributed by atoms with van der Waals surface area (Å²) in [6.07, 6.45) is -0.640. The van der Waals surface area contributed by atoms with Crippen molar-refractivity contribution in [2.45, 2.75) is 33.0 Å². The summed E-state index contributed by atoms with van der Waals surface area (Å²) in [6.45, 7) is 6.07. The highest BCUT2D eigenvalue weighted by Crippen LogP contribution is 2.18. The molecular weight excluding hydrogens is 365 g/mol. The fourth-order valence-electron chi connectivity index (χ4n) is 3.32. The minimum atomic E-state index is -0.640. The van der Waals surface area contributed by atoms with E-state index in [0.29, 0.717) is 19.6 Å². The van der Waals surface area contributed by atoms with Crippen LogP contribution in [0.1, 0.15) is 22.3 Å². The molecule has 0 aliphatic heterocycles. The van der Waals surface area contributed by atoms with Crippen molar-refractivity contribution >= 4 is 0 Å². The Morgan fingerprint density at radius 1 is 0.862 bits per heavy atom. The number of para-hydroxylation sites is 1. The topological polar surface area (TPSA) is 32.7 Å². The normalized spacial score (nSPS) is 12.2. The first-order chi connectivity index (χ1) is 14.0. The zero-order chi connectivity index (χ0) is 20.6. The van der Waals surface area contributed by atoms with E-state index in [4.69, 9.17) is 4.74 Å². The van der Waals surface area contributed by atoms with E-state index in [1.807, 2.05) is 43.3 Å². The van der Waals surface area contributed by atoms with Crippen LogP contribution in [0.15, 0.2) is 72.8 Å². The van der Waals surface area contributed by atoms with Gasteiger partial charge in [0.25, 0.3) is 0 Å². The number of hydrogen-bond acceptors (Lipinski definition) is 3.